The molecule has 1 fully saturated rings. The van der Waals surface area contributed by atoms with Crippen molar-refractivity contribution in [2.75, 3.05) is 13.1 Å². The topological polar surface area (TPSA) is 112 Å². The number of carbonyl (C=O) groups is 3. The van der Waals surface area contributed by atoms with Gasteiger partial charge in [-0.3, -0.25) is 14.4 Å². The van der Waals surface area contributed by atoms with Crippen LogP contribution in [0.3, 0.4) is 0 Å². The molecule has 3 N–H and O–H groups in total. The van der Waals surface area contributed by atoms with Crippen LogP contribution in [0.2, 0.25) is 0 Å². The molecule has 2 heterocycles. The second-order valence-electron chi connectivity index (χ2n) is 6.36. The number of likely N-dealkylation sites (tertiary alicyclic amines) is 1. The Morgan fingerprint density at radius 1 is 1.42 bits per heavy atom. The molecule has 1 aromatic rings. The third kappa shape index (κ3) is 6.22. The molecule has 146 valence electrons. The van der Waals surface area contributed by atoms with Gasteiger partial charge in [0.2, 0.25) is 11.8 Å². The van der Waals surface area contributed by atoms with Gasteiger partial charge in [-0.25, -0.2) is 4.98 Å². The van der Waals surface area contributed by atoms with Gasteiger partial charge in [0, 0.05) is 24.4 Å². The Kier molecular flexibility index (Phi) is 8.97. The Balaban J connectivity index is 0.00000338. The highest BCUT2D eigenvalue weighted by Crippen LogP contribution is 2.20. The van der Waals surface area contributed by atoms with E-state index in [-0.39, 0.29) is 24.4 Å². The normalized spacial score (nSPS) is 17.7. The number of nitrogens with one attached hydrogen (secondary N) is 2. The molecule has 1 saturated heterocycles. The number of aromatic nitrogens is 1. The number of hydrogen-bond acceptors (Lipinski definition) is 6. The summed E-state index contributed by atoms with van der Waals surface area (Å²) in [6.07, 6.45) is 1.73. The average Bonchev–Trinajstić information content (AvgIpc) is 3.22. The number of hydrogen-bond donors (Lipinski definition) is 3. The SMILES string of the molecule is CC(C)N[C@@H](Cc1cscn1)C(=O)N1CCC[C@H]1C(=O)NCC(=O)O.Cl. The van der Waals surface area contributed by atoms with Gasteiger partial charge in [-0.2, -0.15) is 0 Å². The van der Waals surface area contributed by atoms with Crippen molar-refractivity contribution < 1.29 is 19.5 Å². The van der Waals surface area contributed by atoms with Gasteiger partial charge in [0.1, 0.15) is 12.6 Å². The molecular weight excluding hydrogens is 380 g/mol. The third-order valence-corrected chi connectivity index (χ3v) is 4.62. The van der Waals surface area contributed by atoms with Crippen LogP contribution in [-0.4, -0.2) is 64.0 Å². The number of nitrogens with zero attached hydrogens (tertiary/aromatic N) is 2. The molecule has 2 rings (SSSR count). The summed E-state index contributed by atoms with van der Waals surface area (Å²) in [5.74, 6) is -1.66. The molecule has 10 heteroatoms. The van der Waals surface area contributed by atoms with Gasteiger partial charge in [0.25, 0.3) is 0 Å². The number of rotatable bonds is 8. The lowest BCUT2D eigenvalue weighted by atomic mass is 10.1. The van der Waals surface area contributed by atoms with Crippen molar-refractivity contribution in [2.45, 2.75) is 51.2 Å². The van der Waals surface area contributed by atoms with Gasteiger partial charge in [0.15, 0.2) is 0 Å². The molecule has 26 heavy (non-hydrogen) atoms. The number of aliphatic carboxylic acids is 1. The minimum Gasteiger partial charge on any atom is -0.480 e. The highest BCUT2D eigenvalue weighted by atomic mass is 35.5. The fourth-order valence-electron chi connectivity index (χ4n) is 2.95. The van der Waals surface area contributed by atoms with E-state index in [9.17, 15) is 14.4 Å². The first-order valence-corrected chi connectivity index (χ1v) is 9.26. The number of carboxylic acid groups (broad SMARTS) is 1. The summed E-state index contributed by atoms with van der Waals surface area (Å²) < 4.78 is 0. The van der Waals surface area contributed by atoms with E-state index in [1.54, 1.807) is 10.4 Å². The molecule has 0 spiro atoms. The van der Waals surface area contributed by atoms with Gasteiger partial charge in [-0.15, -0.1) is 23.7 Å². The molecule has 0 radical (unpaired) electrons. The standard InChI is InChI=1S/C16H24N4O4S.ClH/c1-10(2)19-12(6-11-8-25-9-18-11)16(24)20-5-3-4-13(20)15(23)17-7-14(21)22;/h8-10,12-13,19H,3-7H2,1-2H3,(H,17,23)(H,21,22);1H/t12-,13-;/m0./s1. The van der Waals surface area contributed by atoms with Crippen molar-refractivity contribution in [3.8, 4) is 0 Å². The van der Waals surface area contributed by atoms with Crippen LogP contribution >= 0.6 is 23.7 Å². The number of carbonyl (C=O) groups excluding carboxylic acids is 2. The van der Waals surface area contributed by atoms with Crippen LogP contribution in [0.25, 0.3) is 0 Å². The van der Waals surface area contributed by atoms with Gasteiger partial charge in [-0.1, -0.05) is 13.8 Å². The number of carboxylic acids is 1. The summed E-state index contributed by atoms with van der Waals surface area (Å²) in [5, 5.41) is 16.2. The Labute approximate surface area is 162 Å². The minimum atomic E-state index is -1.10. The van der Waals surface area contributed by atoms with Gasteiger partial charge in [-0.05, 0) is 12.8 Å². The van der Waals surface area contributed by atoms with Crippen LogP contribution < -0.4 is 10.6 Å². The fourth-order valence-corrected chi connectivity index (χ4v) is 3.52. The van der Waals surface area contributed by atoms with Crippen LogP contribution in [0, 0.1) is 0 Å². The molecule has 8 nitrogen and oxygen atoms in total. The lowest BCUT2D eigenvalue weighted by molar-refractivity contribution is -0.141. The minimum absolute atomic E-state index is 0. The Hall–Kier alpha value is -1.71. The monoisotopic (exact) mass is 404 g/mol. The van der Waals surface area contributed by atoms with Crippen molar-refractivity contribution in [1.82, 2.24) is 20.5 Å². The zero-order valence-corrected chi connectivity index (χ0v) is 16.4. The summed E-state index contributed by atoms with van der Waals surface area (Å²) >= 11 is 1.48. The van der Waals surface area contributed by atoms with Crippen molar-refractivity contribution >= 4 is 41.5 Å². The van der Waals surface area contributed by atoms with E-state index in [0.29, 0.717) is 19.4 Å². The zero-order valence-electron chi connectivity index (χ0n) is 14.8. The highest BCUT2D eigenvalue weighted by molar-refractivity contribution is 7.07. The van der Waals surface area contributed by atoms with Crippen LogP contribution in [0.4, 0.5) is 0 Å². The lowest BCUT2D eigenvalue weighted by Gasteiger charge is -2.29. The van der Waals surface area contributed by atoms with Gasteiger partial charge < -0.3 is 20.6 Å². The molecule has 1 aromatic heterocycles. The Morgan fingerprint density at radius 3 is 2.73 bits per heavy atom. The predicted octanol–water partition coefficient (Wildman–Crippen LogP) is 0.666. The third-order valence-electron chi connectivity index (χ3n) is 3.98. The summed E-state index contributed by atoms with van der Waals surface area (Å²) in [7, 11) is 0. The fraction of sp³-hybridized carbons (Fsp3) is 0.625. The summed E-state index contributed by atoms with van der Waals surface area (Å²) in [6.45, 7) is 3.98. The number of halogens is 1. The van der Waals surface area contributed by atoms with E-state index in [4.69, 9.17) is 5.11 Å². The molecule has 0 aliphatic carbocycles. The van der Waals surface area contributed by atoms with Crippen molar-refractivity contribution in [1.29, 1.82) is 0 Å². The maximum Gasteiger partial charge on any atom is 0.322 e. The second kappa shape index (κ2) is 10.4. The molecule has 1 aliphatic heterocycles. The number of amides is 2. The summed E-state index contributed by atoms with van der Waals surface area (Å²) in [5.41, 5.74) is 2.56. The first kappa shape index (κ1) is 22.3. The number of thiazole rings is 1. The molecule has 2 atom stereocenters. The Morgan fingerprint density at radius 2 is 2.15 bits per heavy atom. The first-order valence-electron chi connectivity index (χ1n) is 8.31. The van der Waals surface area contributed by atoms with Gasteiger partial charge >= 0.3 is 5.97 Å². The quantitative estimate of drug-likeness (QED) is 0.587. The van der Waals surface area contributed by atoms with Crippen LogP contribution in [0.5, 0.6) is 0 Å². The zero-order chi connectivity index (χ0) is 18.4. The second-order valence-corrected chi connectivity index (χ2v) is 7.08. The first-order chi connectivity index (χ1) is 11.9. The maximum atomic E-state index is 13.0. The predicted molar refractivity (Wildman–Crippen MR) is 101 cm³/mol. The molecule has 0 aromatic carbocycles. The Bertz CT molecular complexity index is 611. The van der Waals surface area contributed by atoms with Gasteiger partial charge in [0.05, 0.1) is 17.2 Å². The van der Waals surface area contributed by atoms with E-state index >= 15 is 0 Å². The van der Waals surface area contributed by atoms with Crippen LogP contribution in [0.15, 0.2) is 10.9 Å². The molecular formula is C16H25ClN4O4S. The largest absolute Gasteiger partial charge is 0.480 e. The van der Waals surface area contributed by atoms with E-state index in [2.05, 4.69) is 15.6 Å². The van der Waals surface area contributed by atoms with E-state index in [0.717, 1.165) is 12.1 Å². The molecule has 0 bridgehead atoms. The van der Waals surface area contributed by atoms with Crippen molar-refractivity contribution in [3.05, 3.63) is 16.6 Å². The lowest BCUT2D eigenvalue weighted by Crippen LogP contribution is -2.54. The molecule has 2 amide bonds. The van der Waals surface area contributed by atoms with Crippen LogP contribution in [0.1, 0.15) is 32.4 Å². The van der Waals surface area contributed by atoms with Crippen LogP contribution in [-0.2, 0) is 20.8 Å². The van der Waals surface area contributed by atoms with E-state index < -0.39 is 30.5 Å². The highest BCUT2D eigenvalue weighted by Gasteiger charge is 2.37. The molecule has 0 saturated carbocycles. The average molecular weight is 405 g/mol. The van der Waals surface area contributed by atoms with E-state index in [1.807, 2.05) is 19.2 Å². The van der Waals surface area contributed by atoms with Crippen molar-refractivity contribution in [2.24, 2.45) is 0 Å². The van der Waals surface area contributed by atoms with E-state index in [1.165, 1.54) is 11.3 Å². The summed E-state index contributed by atoms with van der Waals surface area (Å²) in [6, 6.07) is -0.969. The molecule has 1 aliphatic rings. The maximum absolute atomic E-state index is 13.0. The molecule has 0 unspecified atom stereocenters. The van der Waals surface area contributed by atoms with Crippen molar-refractivity contribution in [3.63, 3.8) is 0 Å². The summed E-state index contributed by atoms with van der Waals surface area (Å²) in [4.78, 5) is 41.7. The smallest absolute Gasteiger partial charge is 0.322 e.